The minimum absolute atomic E-state index is 0.235. The van der Waals surface area contributed by atoms with Gasteiger partial charge >= 0.3 is 89.4 Å². The summed E-state index contributed by atoms with van der Waals surface area (Å²) in [4.78, 5) is 23.0. The maximum atomic E-state index is 11.5. The van der Waals surface area contributed by atoms with Crippen LogP contribution in [0.25, 0.3) is 0 Å². The first-order valence-corrected chi connectivity index (χ1v) is 6.49. The Balaban J connectivity index is 5.06. The summed E-state index contributed by atoms with van der Waals surface area (Å²) in [6, 6.07) is 0. The van der Waals surface area contributed by atoms with E-state index in [1.807, 2.05) is 0 Å². The first kappa shape index (κ1) is 13.2. The van der Waals surface area contributed by atoms with Gasteiger partial charge in [0, 0.05) is 0 Å². The van der Waals surface area contributed by atoms with Crippen molar-refractivity contribution in [2.45, 2.75) is 16.6 Å². The monoisotopic (exact) mass is 266 g/mol. The Morgan fingerprint density at radius 3 is 2.00 bits per heavy atom. The van der Waals surface area contributed by atoms with E-state index in [0.717, 1.165) is 0 Å². The average Bonchev–Trinajstić information content (AvgIpc) is 2.23. The number of hydrogen-bond acceptors (Lipinski definition) is 4. The number of hydrogen-bond donors (Lipinski definition) is 0. The van der Waals surface area contributed by atoms with E-state index in [0.29, 0.717) is 0 Å². The maximum absolute atomic E-state index is 11.5. The Kier molecular flexibility index (Phi) is 5.50. The summed E-state index contributed by atoms with van der Waals surface area (Å²) < 4.78 is 8.05. The van der Waals surface area contributed by atoms with Crippen LogP contribution >= 0.6 is 0 Å². The van der Waals surface area contributed by atoms with E-state index >= 15 is 0 Å². The summed E-state index contributed by atoms with van der Waals surface area (Å²) in [5.74, 6) is 0.697. The van der Waals surface area contributed by atoms with Crippen molar-refractivity contribution in [1.29, 1.82) is 0 Å². The molecular formula is C9H14O4Se. The number of methoxy groups -OCH3 is 2. The first-order valence-electron chi connectivity index (χ1n) is 3.92. The zero-order valence-corrected chi connectivity index (χ0v) is 10.2. The van der Waals surface area contributed by atoms with Gasteiger partial charge in [0.15, 0.2) is 0 Å². The van der Waals surface area contributed by atoms with Crippen molar-refractivity contribution in [3.8, 4) is 0 Å². The molecule has 0 aliphatic rings. The Labute approximate surface area is 89.8 Å². The van der Waals surface area contributed by atoms with Gasteiger partial charge in [-0.1, -0.05) is 0 Å². The summed E-state index contributed by atoms with van der Waals surface area (Å²) in [7, 11) is 2.52. The SMILES string of the molecule is C=CCC([Se]C)(C(=O)OC)C(=O)OC. The normalized spacial score (nSPS) is 10.5. The molecule has 0 amide bonds. The standard InChI is InChI=1S/C9H14O4Se/c1-5-6-9(14-4,7(10)12-2)8(11)13-3/h5H,1,6H2,2-4H3. The zero-order chi connectivity index (χ0) is 11.2. The molecule has 0 heterocycles. The molecule has 0 bridgehead atoms. The van der Waals surface area contributed by atoms with Crippen molar-refractivity contribution >= 4 is 26.9 Å². The van der Waals surface area contributed by atoms with Crippen LogP contribution in [-0.2, 0) is 19.1 Å². The van der Waals surface area contributed by atoms with Crippen molar-refractivity contribution in [3.05, 3.63) is 12.7 Å². The van der Waals surface area contributed by atoms with Crippen LogP contribution in [0, 0.1) is 0 Å². The fourth-order valence-corrected chi connectivity index (χ4v) is 2.68. The molecule has 0 aromatic heterocycles. The Bertz CT molecular complexity index is 221. The molecule has 0 unspecified atom stereocenters. The number of carbonyl (C=O) groups is 2. The number of rotatable bonds is 5. The number of esters is 2. The van der Waals surface area contributed by atoms with Gasteiger partial charge in [-0.15, -0.1) is 0 Å². The molecule has 0 aliphatic heterocycles. The molecule has 0 aromatic carbocycles. The molecule has 0 rings (SSSR count). The van der Waals surface area contributed by atoms with Gasteiger partial charge in [-0.05, 0) is 0 Å². The van der Waals surface area contributed by atoms with Crippen molar-refractivity contribution in [1.82, 2.24) is 0 Å². The van der Waals surface area contributed by atoms with Crippen LogP contribution in [0.15, 0.2) is 12.7 Å². The molecule has 0 atom stereocenters. The third kappa shape index (κ3) is 2.36. The van der Waals surface area contributed by atoms with E-state index in [1.54, 1.807) is 5.82 Å². The fourth-order valence-electron chi connectivity index (χ4n) is 1.03. The second-order valence-electron chi connectivity index (χ2n) is 2.51. The molecule has 4 nitrogen and oxygen atoms in total. The predicted molar refractivity (Wildman–Crippen MR) is 53.2 cm³/mol. The number of carbonyl (C=O) groups excluding carboxylic acids is 2. The summed E-state index contributed by atoms with van der Waals surface area (Å²) in [6.07, 6.45) is 1.78. The van der Waals surface area contributed by atoms with Crippen LogP contribution in [0.1, 0.15) is 6.42 Å². The molecular weight excluding hydrogens is 251 g/mol. The Morgan fingerprint density at radius 2 is 1.79 bits per heavy atom. The molecule has 0 fully saturated rings. The van der Waals surface area contributed by atoms with E-state index in [2.05, 4.69) is 16.1 Å². The van der Waals surface area contributed by atoms with Gasteiger partial charge in [-0.25, -0.2) is 0 Å². The molecule has 5 heteroatoms. The molecule has 80 valence electrons. The van der Waals surface area contributed by atoms with Gasteiger partial charge in [0.2, 0.25) is 0 Å². The second kappa shape index (κ2) is 5.83. The molecule has 0 spiro atoms. The van der Waals surface area contributed by atoms with Crippen LogP contribution < -0.4 is 0 Å². The van der Waals surface area contributed by atoms with E-state index in [9.17, 15) is 9.59 Å². The third-order valence-electron chi connectivity index (χ3n) is 1.81. The van der Waals surface area contributed by atoms with Crippen molar-refractivity contribution in [2.24, 2.45) is 0 Å². The van der Waals surface area contributed by atoms with Crippen molar-refractivity contribution in [3.63, 3.8) is 0 Å². The number of ether oxygens (including phenoxy) is 2. The van der Waals surface area contributed by atoms with Gasteiger partial charge in [-0.3, -0.25) is 0 Å². The van der Waals surface area contributed by atoms with Crippen molar-refractivity contribution < 1.29 is 19.1 Å². The van der Waals surface area contributed by atoms with Crippen LogP contribution in [-0.4, -0.2) is 41.1 Å². The average molecular weight is 265 g/mol. The minimum atomic E-state index is -1.17. The van der Waals surface area contributed by atoms with Crippen LogP contribution in [0.2, 0.25) is 10.1 Å². The van der Waals surface area contributed by atoms with E-state index in [1.165, 1.54) is 20.3 Å². The summed E-state index contributed by atoms with van der Waals surface area (Å²) in [5.41, 5.74) is 0. The van der Waals surface area contributed by atoms with Gasteiger partial charge in [0.25, 0.3) is 0 Å². The Morgan fingerprint density at radius 1 is 1.36 bits per heavy atom. The first-order chi connectivity index (χ1) is 6.58. The molecule has 0 aliphatic carbocycles. The summed E-state index contributed by atoms with van der Waals surface area (Å²) in [5, 5.41) is 0. The van der Waals surface area contributed by atoms with Crippen molar-refractivity contribution in [2.75, 3.05) is 14.2 Å². The van der Waals surface area contributed by atoms with E-state index in [4.69, 9.17) is 0 Å². The molecule has 0 saturated carbocycles. The Hall–Kier alpha value is -0.801. The van der Waals surface area contributed by atoms with Crippen LogP contribution in [0.3, 0.4) is 0 Å². The summed E-state index contributed by atoms with van der Waals surface area (Å²) >= 11 is -0.235. The zero-order valence-electron chi connectivity index (χ0n) is 8.53. The van der Waals surface area contributed by atoms with Gasteiger partial charge in [0.05, 0.1) is 0 Å². The molecule has 0 aromatic rings. The summed E-state index contributed by atoms with van der Waals surface area (Å²) in [6.45, 7) is 3.52. The van der Waals surface area contributed by atoms with E-state index < -0.39 is 16.3 Å². The predicted octanol–water partition coefficient (Wildman–Crippen LogP) is 0.819. The third-order valence-corrected chi connectivity index (χ3v) is 4.32. The van der Waals surface area contributed by atoms with Crippen LogP contribution in [0.4, 0.5) is 0 Å². The molecule has 0 N–H and O–H groups in total. The molecule has 0 saturated heterocycles. The van der Waals surface area contributed by atoms with Crippen LogP contribution in [0.5, 0.6) is 0 Å². The van der Waals surface area contributed by atoms with Gasteiger partial charge in [0.1, 0.15) is 0 Å². The molecule has 14 heavy (non-hydrogen) atoms. The topological polar surface area (TPSA) is 52.6 Å². The van der Waals surface area contributed by atoms with Gasteiger partial charge in [-0.2, -0.15) is 0 Å². The molecule has 0 radical (unpaired) electrons. The van der Waals surface area contributed by atoms with E-state index in [-0.39, 0.29) is 21.4 Å². The van der Waals surface area contributed by atoms with Gasteiger partial charge < -0.3 is 0 Å². The second-order valence-corrected chi connectivity index (χ2v) is 4.83. The fraction of sp³-hybridized carbons (Fsp3) is 0.556. The quantitative estimate of drug-likeness (QED) is 0.319. The number of allylic oxidation sites excluding steroid dienone is 1.